The maximum absolute atomic E-state index is 4.18. The minimum Gasteiger partial charge on any atom is -0.345 e. The van der Waals surface area contributed by atoms with Crippen LogP contribution < -0.4 is 10.2 Å². The first kappa shape index (κ1) is 11.8. The second-order valence-electron chi connectivity index (χ2n) is 4.31. The van der Waals surface area contributed by atoms with E-state index in [9.17, 15) is 0 Å². The number of nitrogens with zero attached hydrogens (tertiary/aromatic N) is 3. The molecule has 5 heteroatoms. The average molecular weight is 240 g/mol. The van der Waals surface area contributed by atoms with Crippen LogP contribution in [0.4, 0.5) is 5.13 Å². The van der Waals surface area contributed by atoms with E-state index in [1.165, 1.54) is 32.2 Å². The fourth-order valence-electron chi connectivity index (χ4n) is 2.10. The summed E-state index contributed by atoms with van der Waals surface area (Å²) in [5.74, 6) is 0. The Labute approximate surface area is 101 Å². The van der Waals surface area contributed by atoms with Crippen LogP contribution in [0, 0.1) is 0 Å². The van der Waals surface area contributed by atoms with Crippen molar-refractivity contribution < 1.29 is 0 Å². The van der Waals surface area contributed by atoms with Gasteiger partial charge in [0.05, 0.1) is 0 Å². The lowest BCUT2D eigenvalue weighted by atomic mass is 10.2. The molecule has 1 aromatic heterocycles. The quantitative estimate of drug-likeness (QED) is 0.824. The van der Waals surface area contributed by atoms with Crippen LogP contribution in [0.3, 0.4) is 0 Å². The van der Waals surface area contributed by atoms with Gasteiger partial charge in [-0.1, -0.05) is 24.7 Å². The fourth-order valence-corrected chi connectivity index (χ4v) is 2.70. The molecule has 0 aromatic carbocycles. The second-order valence-corrected chi connectivity index (χ2v) is 5.13. The van der Waals surface area contributed by atoms with E-state index >= 15 is 0 Å². The first-order valence-corrected chi connectivity index (χ1v) is 7.02. The molecular weight excluding hydrogens is 220 g/mol. The number of hydrogen-bond donors (Lipinski definition) is 1. The van der Waals surface area contributed by atoms with Gasteiger partial charge in [-0.3, -0.25) is 0 Å². The van der Waals surface area contributed by atoms with Gasteiger partial charge in [0.15, 0.2) is 0 Å². The molecule has 90 valence electrons. The molecule has 0 bridgehead atoms. The van der Waals surface area contributed by atoms with E-state index in [1.807, 2.05) is 5.51 Å². The van der Waals surface area contributed by atoms with Gasteiger partial charge >= 0.3 is 0 Å². The normalized spacial score (nSPS) is 20.2. The van der Waals surface area contributed by atoms with Crippen LogP contribution in [-0.2, 0) is 0 Å². The SMILES string of the molecule is CCCCN(CC1CCCN1)c1nncs1. The molecule has 1 unspecified atom stereocenters. The lowest BCUT2D eigenvalue weighted by Gasteiger charge is -2.24. The molecule has 0 radical (unpaired) electrons. The molecule has 1 N–H and O–H groups in total. The Bertz CT molecular complexity index is 282. The van der Waals surface area contributed by atoms with Gasteiger partial charge in [0.1, 0.15) is 5.51 Å². The minimum atomic E-state index is 0.640. The van der Waals surface area contributed by atoms with Crippen molar-refractivity contribution in [1.29, 1.82) is 0 Å². The van der Waals surface area contributed by atoms with Crippen molar-refractivity contribution >= 4 is 16.5 Å². The Morgan fingerprint density at radius 1 is 1.62 bits per heavy atom. The molecule has 16 heavy (non-hydrogen) atoms. The Morgan fingerprint density at radius 3 is 3.19 bits per heavy atom. The Kier molecular flexibility index (Phi) is 4.54. The molecule has 1 aliphatic rings. The van der Waals surface area contributed by atoms with Crippen molar-refractivity contribution in [3.8, 4) is 0 Å². The summed E-state index contributed by atoms with van der Waals surface area (Å²) in [6.45, 7) is 5.58. The van der Waals surface area contributed by atoms with E-state index in [-0.39, 0.29) is 0 Å². The van der Waals surface area contributed by atoms with Crippen molar-refractivity contribution in [2.24, 2.45) is 0 Å². The van der Waals surface area contributed by atoms with Gasteiger partial charge in [-0.25, -0.2) is 0 Å². The lowest BCUT2D eigenvalue weighted by molar-refractivity contribution is 0.570. The summed E-state index contributed by atoms with van der Waals surface area (Å²) in [6, 6.07) is 0.640. The van der Waals surface area contributed by atoms with E-state index in [2.05, 4.69) is 27.3 Å². The summed E-state index contributed by atoms with van der Waals surface area (Å²) in [4.78, 5) is 2.38. The van der Waals surface area contributed by atoms with Crippen LogP contribution in [-0.4, -0.2) is 35.9 Å². The molecule has 1 saturated heterocycles. The third-order valence-corrected chi connectivity index (χ3v) is 3.75. The zero-order valence-electron chi connectivity index (χ0n) is 9.85. The smallest absolute Gasteiger partial charge is 0.208 e. The van der Waals surface area contributed by atoms with E-state index in [0.29, 0.717) is 6.04 Å². The monoisotopic (exact) mass is 240 g/mol. The second kappa shape index (κ2) is 6.15. The zero-order valence-corrected chi connectivity index (χ0v) is 10.7. The molecule has 1 aromatic rings. The minimum absolute atomic E-state index is 0.640. The third kappa shape index (κ3) is 3.15. The molecule has 0 saturated carbocycles. The van der Waals surface area contributed by atoms with Gasteiger partial charge in [0.2, 0.25) is 5.13 Å². The van der Waals surface area contributed by atoms with Gasteiger partial charge < -0.3 is 10.2 Å². The standard InChI is InChI=1S/C11H20N4S/c1-2-3-7-15(11-14-13-9-16-11)8-10-5-4-6-12-10/h9-10,12H,2-8H2,1H3. The van der Waals surface area contributed by atoms with Gasteiger partial charge in [-0.2, -0.15) is 0 Å². The Hall–Kier alpha value is -0.680. The number of unbranched alkanes of at least 4 members (excludes halogenated alkanes) is 1. The lowest BCUT2D eigenvalue weighted by Crippen LogP contribution is -2.38. The maximum atomic E-state index is 4.18. The van der Waals surface area contributed by atoms with Crippen molar-refractivity contribution in [3.63, 3.8) is 0 Å². The highest BCUT2D eigenvalue weighted by Gasteiger charge is 2.19. The van der Waals surface area contributed by atoms with Crippen LogP contribution in [0.2, 0.25) is 0 Å². The molecule has 1 fully saturated rings. The Balaban J connectivity index is 1.91. The number of rotatable bonds is 6. The predicted octanol–water partition coefficient (Wildman–Crippen LogP) is 1.90. The largest absolute Gasteiger partial charge is 0.345 e. The molecule has 0 amide bonds. The number of nitrogens with one attached hydrogen (secondary N) is 1. The molecule has 1 atom stereocenters. The highest BCUT2D eigenvalue weighted by atomic mass is 32.1. The number of hydrogen-bond acceptors (Lipinski definition) is 5. The molecular formula is C11H20N4S. The summed E-state index contributed by atoms with van der Waals surface area (Å²) in [6.07, 6.45) is 5.06. The van der Waals surface area contributed by atoms with Crippen LogP contribution >= 0.6 is 11.3 Å². The van der Waals surface area contributed by atoms with Crippen molar-refractivity contribution in [3.05, 3.63) is 5.51 Å². The zero-order chi connectivity index (χ0) is 11.2. The molecule has 0 spiro atoms. The first-order chi connectivity index (χ1) is 7.90. The topological polar surface area (TPSA) is 41.0 Å². The van der Waals surface area contributed by atoms with E-state index < -0.39 is 0 Å². The van der Waals surface area contributed by atoms with Crippen molar-refractivity contribution in [2.45, 2.75) is 38.6 Å². The first-order valence-electron chi connectivity index (χ1n) is 6.14. The molecule has 4 nitrogen and oxygen atoms in total. The molecule has 2 heterocycles. The van der Waals surface area contributed by atoms with E-state index in [1.54, 1.807) is 11.3 Å². The van der Waals surface area contributed by atoms with Crippen LogP contribution in [0.5, 0.6) is 0 Å². The van der Waals surface area contributed by atoms with Crippen LogP contribution in [0.15, 0.2) is 5.51 Å². The van der Waals surface area contributed by atoms with E-state index in [4.69, 9.17) is 0 Å². The number of anilines is 1. The van der Waals surface area contributed by atoms with Crippen molar-refractivity contribution in [2.75, 3.05) is 24.5 Å². The van der Waals surface area contributed by atoms with Gasteiger partial charge in [0.25, 0.3) is 0 Å². The highest BCUT2D eigenvalue weighted by molar-refractivity contribution is 7.13. The average Bonchev–Trinajstić information content (AvgIpc) is 2.96. The van der Waals surface area contributed by atoms with Crippen LogP contribution in [0.1, 0.15) is 32.6 Å². The van der Waals surface area contributed by atoms with Gasteiger partial charge in [-0.05, 0) is 25.8 Å². The molecule has 1 aliphatic heterocycles. The van der Waals surface area contributed by atoms with Crippen LogP contribution in [0.25, 0.3) is 0 Å². The summed E-state index contributed by atoms with van der Waals surface area (Å²) in [5, 5.41) is 12.7. The Morgan fingerprint density at radius 2 is 2.56 bits per heavy atom. The summed E-state index contributed by atoms with van der Waals surface area (Å²) in [5.41, 5.74) is 1.82. The molecule has 0 aliphatic carbocycles. The molecule has 2 rings (SSSR count). The number of aromatic nitrogens is 2. The van der Waals surface area contributed by atoms with Crippen molar-refractivity contribution in [1.82, 2.24) is 15.5 Å². The highest BCUT2D eigenvalue weighted by Crippen LogP contribution is 2.18. The third-order valence-electron chi connectivity index (χ3n) is 3.00. The summed E-state index contributed by atoms with van der Waals surface area (Å²) < 4.78 is 0. The van der Waals surface area contributed by atoms with Gasteiger partial charge in [0, 0.05) is 19.1 Å². The summed E-state index contributed by atoms with van der Waals surface area (Å²) >= 11 is 1.64. The fraction of sp³-hybridized carbons (Fsp3) is 0.818. The van der Waals surface area contributed by atoms with Gasteiger partial charge in [-0.15, -0.1) is 10.2 Å². The predicted molar refractivity (Wildman–Crippen MR) is 68.1 cm³/mol. The van der Waals surface area contributed by atoms with E-state index in [0.717, 1.165) is 18.2 Å². The summed E-state index contributed by atoms with van der Waals surface area (Å²) in [7, 11) is 0. The maximum Gasteiger partial charge on any atom is 0.208 e.